The fourth-order valence-corrected chi connectivity index (χ4v) is 4.02. The molecule has 3 rings (SSSR count). The highest BCUT2D eigenvalue weighted by Gasteiger charge is 2.32. The first kappa shape index (κ1) is 24.0. The molecule has 1 fully saturated rings. The minimum Gasteiger partial charge on any atom is -0.466 e. The molecular weight excluding hydrogens is 420 g/mol. The van der Waals surface area contributed by atoms with E-state index >= 15 is 0 Å². The van der Waals surface area contributed by atoms with Gasteiger partial charge in [0.05, 0.1) is 19.1 Å². The molecule has 174 valence electrons. The molecule has 0 saturated carbocycles. The predicted octanol–water partition coefficient (Wildman–Crippen LogP) is 2.91. The molecule has 33 heavy (non-hydrogen) atoms. The molecule has 1 heterocycles. The van der Waals surface area contributed by atoms with Crippen LogP contribution in [-0.4, -0.2) is 36.8 Å². The van der Waals surface area contributed by atoms with Crippen LogP contribution in [0.2, 0.25) is 0 Å². The van der Waals surface area contributed by atoms with Gasteiger partial charge in [-0.05, 0) is 49.6 Å². The largest absolute Gasteiger partial charge is 0.466 e. The van der Waals surface area contributed by atoms with Crippen LogP contribution in [-0.2, 0) is 19.1 Å². The Kier molecular flexibility index (Phi) is 8.18. The first-order valence-corrected chi connectivity index (χ1v) is 11.1. The molecule has 1 saturated heterocycles. The maximum Gasteiger partial charge on any atom is 0.308 e. The van der Waals surface area contributed by atoms with Crippen molar-refractivity contribution in [2.24, 2.45) is 11.7 Å². The van der Waals surface area contributed by atoms with Crippen molar-refractivity contribution in [3.05, 3.63) is 65.7 Å². The number of ether oxygens (including phenoxy) is 1. The lowest BCUT2D eigenvalue weighted by Gasteiger charge is -2.32. The van der Waals surface area contributed by atoms with Crippen LogP contribution in [0.3, 0.4) is 0 Å². The number of benzene rings is 2. The molecule has 2 aromatic carbocycles. The highest BCUT2D eigenvalue weighted by molar-refractivity contribution is 5.99. The van der Waals surface area contributed by atoms with Crippen molar-refractivity contribution in [2.45, 2.75) is 38.6 Å². The van der Waals surface area contributed by atoms with Crippen LogP contribution in [0.5, 0.6) is 0 Å². The van der Waals surface area contributed by atoms with Crippen molar-refractivity contribution >= 4 is 29.3 Å². The first-order valence-electron chi connectivity index (χ1n) is 11.1. The second-order valence-electron chi connectivity index (χ2n) is 8.03. The summed E-state index contributed by atoms with van der Waals surface area (Å²) in [6.45, 7) is 2.59. The maximum absolute atomic E-state index is 13.1. The fourth-order valence-electron chi connectivity index (χ4n) is 4.02. The van der Waals surface area contributed by atoms with Gasteiger partial charge in [0.1, 0.15) is 5.84 Å². The zero-order valence-electron chi connectivity index (χ0n) is 18.8. The van der Waals surface area contributed by atoms with Gasteiger partial charge in [-0.15, -0.1) is 0 Å². The van der Waals surface area contributed by atoms with Crippen LogP contribution < -0.4 is 16.0 Å². The standard InChI is InChI=1S/C25H30N4O4/c1-2-33-23(31)16-21(17-7-4-3-5-8-17)28-22(30)15-19-9-6-14-29(25(19)32)20-12-10-18(11-13-20)24(26)27/h3-5,7-8,10-13,19,21H,2,6,9,14-16H2,1H3,(H3,26,27)(H,28,30)/t19-,21+/m1/s1. The van der Waals surface area contributed by atoms with Crippen molar-refractivity contribution in [3.8, 4) is 0 Å². The summed E-state index contributed by atoms with van der Waals surface area (Å²) in [5.74, 6) is -1.24. The van der Waals surface area contributed by atoms with Gasteiger partial charge in [0.2, 0.25) is 11.8 Å². The third-order valence-electron chi connectivity index (χ3n) is 5.68. The molecule has 0 unspecified atom stereocenters. The minimum atomic E-state index is -0.522. The number of carbonyl (C=O) groups is 3. The van der Waals surface area contributed by atoms with Crippen molar-refractivity contribution in [1.82, 2.24) is 5.32 Å². The molecule has 0 spiro atoms. The number of nitrogens with two attached hydrogens (primary N) is 1. The first-order chi connectivity index (χ1) is 15.9. The Hall–Kier alpha value is -3.68. The lowest BCUT2D eigenvalue weighted by molar-refractivity contribution is -0.144. The molecule has 0 aromatic heterocycles. The fraction of sp³-hybridized carbons (Fsp3) is 0.360. The highest BCUT2D eigenvalue weighted by atomic mass is 16.5. The average Bonchev–Trinajstić information content (AvgIpc) is 2.81. The lowest BCUT2D eigenvalue weighted by atomic mass is 9.92. The molecule has 2 aromatic rings. The van der Waals surface area contributed by atoms with E-state index in [-0.39, 0.29) is 43.1 Å². The van der Waals surface area contributed by atoms with Gasteiger partial charge in [0, 0.05) is 30.1 Å². The number of hydrogen-bond donors (Lipinski definition) is 3. The predicted molar refractivity (Wildman–Crippen MR) is 126 cm³/mol. The number of amidine groups is 1. The number of nitrogens with one attached hydrogen (secondary N) is 2. The zero-order valence-corrected chi connectivity index (χ0v) is 18.8. The van der Waals surface area contributed by atoms with Gasteiger partial charge >= 0.3 is 5.97 Å². The van der Waals surface area contributed by atoms with Crippen LogP contribution >= 0.6 is 0 Å². The molecule has 8 heteroatoms. The number of nitrogens with zero attached hydrogens (tertiary/aromatic N) is 1. The number of anilines is 1. The number of nitrogen functional groups attached to an aromatic ring is 1. The second kappa shape index (κ2) is 11.3. The summed E-state index contributed by atoms with van der Waals surface area (Å²) >= 11 is 0. The second-order valence-corrected chi connectivity index (χ2v) is 8.03. The number of rotatable bonds is 9. The summed E-state index contributed by atoms with van der Waals surface area (Å²) in [4.78, 5) is 39.7. The number of piperidine rings is 1. The van der Waals surface area contributed by atoms with Gasteiger partial charge in [-0.25, -0.2) is 0 Å². The van der Waals surface area contributed by atoms with E-state index in [4.69, 9.17) is 15.9 Å². The SMILES string of the molecule is CCOC(=O)C[C@H](NC(=O)C[C@H]1CCCN(c2ccc(C(=N)N)cc2)C1=O)c1ccccc1. The molecule has 0 radical (unpaired) electrons. The summed E-state index contributed by atoms with van der Waals surface area (Å²) in [6.07, 6.45) is 1.48. The van der Waals surface area contributed by atoms with Gasteiger partial charge in [0.25, 0.3) is 0 Å². The minimum absolute atomic E-state index is 0.0246. The highest BCUT2D eigenvalue weighted by Crippen LogP contribution is 2.27. The van der Waals surface area contributed by atoms with E-state index in [1.165, 1.54) is 0 Å². The van der Waals surface area contributed by atoms with Crippen LogP contribution in [0.1, 0.15) is 49.8 Å². The normalized spacial score (nSPS) is 16.7. The Morgan fingerprint density at radius 1 is 1.18 bits per heavy atom. The molecule has 4 N–H and O–H groups in total. The Balaban J connectivity index is 1.66. The molecular formula is C25H30N4O4. The van der Waals surface area contributed by atoms with E-state index in [9.17, 15) is 14.4 Å². The van der Waals surface area contributed by atoms with E-state index < -0.39 is 12.0 Å². The Labute approximate surface area is 193 Å². The van der Waals surface area contributed by atoms with Crippen molar-refractivity contribution in [1.29, 1.82) is 5.41 Å². The van der Waals surface area contributed by atoms with E-state index in [1.807, 2.05) is 30.3 Å². The van der Waals surface area contributed by atoms with Crippen LogP contribution in [0, 0.1) is 11.3 Å². The summed E-state index contributed by atoms with van der Waals surface area (Å²) in [7, 11) is 0. The number of amides is 2. The number of esters is 1. The molecule has 1 aliphatic rings. The van der Waals surface area contributed by atoms with Crippen LogP contribution in [0.25, 0.3) is 0 Å². The summed E-state index contributed by atoms with van der Waals surface area (Å²) in [5, 5.41) is 10.4. The quantitative estimate of drug-likeness (QED) is 0.308. The lowest BCUT2D eigenvalue weighted by Crippen LogP contribution is -2.43. The van der Waals surface area contributed by atoms with Crippen LogP contribution in [0.15, 0.2) is 54.6 Å². The molecule has 0 bridgehead atoms. The van der Waals surface area contributed by atoms with Gasteiger partial charge in [0.15, 0.2) is 0 Å². The van der Waals surface area contributed by atoms with Gasteiger partial charge < -0.3 is 20.7 Å². The topological polar surface area (TPSA) is 126 Å². The van der Waals surface area contributed by atoms with Gasteiger partial charge in [-0.1, -0.05) is 30.3 Å². The molecule has 2 amide bonds. The molecule has 0 aliphatic carbocycles. The van der Waals surface area contributed by atoms with E-state index in [2.05, 4.69) is 5.32 Å². The Morgan fingerprint density at radius 2 is 1.88 bits per heavy atom. The van der Waals surface area contributed by atoms with Gasteiger partial charge in [-0.2, -0.15) is 0 Å². The van der Waals surface area contributed by atoms with Crippen molar-refractivity contribution in [3.63, 3.8) is 0 Å². The average molecular weight is 451 g/mol. The monoisotopic (exact) mass is 450 g/mol. The van der Waals surface area contributed by atoms with Gasteiger partial charge in [-0.3, -0.25) is 19.8 Å². The number of hydrogen-bond acceptors (Lipinski definition) is 5. The Bertz CT molecular complexity index is 991. The summed E-state index contributed by atoms with van der Waals surface area (Å²) in [5.41, 5.74) is 7.62. The third-order valence-corrected chi connectivity index (χ3v) is 5.68. The Morgan fingerprint density at radius 3 is 2.52 bits per heavy atom. The van der Waals surface area contributed by atoms with Crippen LogP contribution in [0.4, 0.5) is 5.69 Å². The summed E-state index contributed by atoms with van der Waals surface area (Å²) in [6, 6.07) is 15.7. The maximum atomic E-state index is 13.1. The van der Waals surface area contributed by atoms with Crippen molar-refractivity contribution < 1.29 is 19.1 Å². The van der Waals surface area contributed by atoms with Crippen molar-refractivity contribution in [2.75, 3.05) is 18.1 Å². The molecule has 2 atom stereocenters. The van der Waals surface area contributed by atoms with E-state index in [0.29, 0.717) is 18.5 Å². The van der Waals surface area contributed by atoms with E-state index in [0.717, 1.165) is 17.7 Å². The van der Waals surface area contributed by atoms with E-state index in [1.54, 1.807) is 36.1 Å². The smallest absolute Gasteiger partial charge is 0.308 e. The number of carbonyl (C=O) groups excluding carboxylic acids is 3. The molecule has 1 aliphatic heterocycles. The summed E-state index contributed by atoms with van der Waals surface area (Å²) < 4.78 is 5.06. The third kappa shape index (κ3) is 6.41. The molecule has 8 nitrogen and oxygen atoms in total. The zero-order chi connectivity index (χ0) is 23.8.